The first-order chi connectivity index (χ1) is 47.5. The molecule has 8 nitrogen and oxygen atoms in total. The molecule has 0 aliphatic rings. The molecule has 0 aliphatic carbocycles. The third-order valence-electron chi connectivity index (χ3n) is 21.1. The second kappa shape index (κ2) is 19.5. The molecule has 21 rings (SSSR count). The van der Waals surface area contributed by atoms with E-state index in [-0.39, 0.29) is 0 Å². The van der Waals surface area contributed by atoms with Gasteiger partial charge in [-0.3, -0.25) is 0 Å². The van der Waals surface area contributed by atoms with Crippen LogP contribution in [0.3, 0.4) is 0 Å². The smallest absolute Gasteiger partial charge is 0.118 e. The van der Waals surface area contributed by atoms with Crippen LogP contribution < -0.4 is 18.9 Å². The average Bonchev–Trinajstić information content (AvgIpc) is 1.52. The number of ether oxygens (including phenoxy) is 4. The molecule has 0 saturated heterocycles. The molecule has 2 N–H and O–H groups in total. The van der Waals surface area contributed by atoms with Crippen molar-refractivity contribution in [2.24, 2.45) is 0 Å². The van der Waals surface area contributed by atoms with E-state index in [4.69, 9.17) is 28.9 Å². The van der Waals surface area contributed by atoms with Crippen LogP contribution in [0.25, 0.3) is 218 Å². The molecule has 4 heterocycles. The molecule has 17 aromatic carbocycles. The lowest BCUT2D eigenvalue weighted by atomic mass is 9.99. The van der Waals surface area contributed by atoms with Gasteiger partial charge in [0.15, 0.2) is 0 Å². The quantitative estimate of drug-likeness (QED) is 0.157. The minimum atomic E-state index is 0.757. The molecular weight excluding hydrogens is 1180 g/mol. The second-order valence-corrected chi connectivity index (χ2v) is 25.6. The summed E-state index contributed by atoms with van der Waals surface area (Å²) in [5.74, 6) is 3.03. The van der Waals surface area contributed by atoms with Crippen LogP contribution in [0.4, 0.5) is 0 Å². The van der Waals surface area contributed by atoms with Crippen molar-refractivity contribution in [3.05, 3.63) is 243 Å². The predicted molar refractivity (Wildman–Crippen MR) is 401 cm³/mol. The summed E-state index contributed by atoms with van der Waals surface area (Å²) in [7, 11) is 6.93. The summed E-state index contributed by atoms with van der Waals surface area (Å²) in [5, 5.41) is 27.2. The number of hydrogen-bond acceptors (Lipinski definition) is 6. The zero-order valence-electron chi connectivity index (χ0n) is 52.6. The van der Waals surface area contributed by atoms with Crippen LogP contribution in [0.15, 0.2) is 243 Å². The number of hydrogen-bond donors (Lipinski definition) is 2. The van der Waals surface area contributed by atoms with Crippen molar-refractivity contribution in [3.63, 3.8) is 0 Å². The lowest BCUT2D eigenvalue weighted by molar-refractivity contribution is 0.415. The molecule has 0 spiro atoms. The number of aromatic nitrogens is 4. The maximum absolute atomic E-state index is 6.43. The minimum Gasteiger partial charge on any atom is -0.497 e. The predicted octanol–water partition coefficient (Wildman–Crippen LogP) is 23.2. The molecule has 0 saturated carbocycles. The molecular formula is C88H54N4O4. The van der Waals surface area contributed by atoms with Gasteiger partial charge in [0.25, 0.3) is 0 Å². The highest BCUT2D eigenvalue weighted by Gasteiger charge is 2.31. The average molecular weight is 1230 g/mol. The van der Waals surface area contributed by atoms with Crippen LogP contribution in [0.1, 0.15) is 0 Å². The van der Waals surface area contributed by atoms with E-state index in [1.165, 1.54) is 21.5 Å². The summed E-state index contributed by atoms with van der Waals surface area (Å²) < 4.78 is 24.0. The summed E-state index contributed by atoms with van der Waals surface area (Å²) in [5.41, 5.74) is 14.9. The summed E-state index contributed by atoms with van der Waals surface area (Å²) in [6.45, 7) is 0. The van der Waals surface area contributed by atoms with Gasteiger partial charge in [0.2, 0.25) is 0 Å². The third-order valence-corrected chi connectivity index (χ3v) is 21.1. The molecule has 4 aromatic heterocycles. The Morgan fingerprint density at radius 3 is 0.583 bits per heavy atom. The van der Waals surface area contributed by atoms with Gasteiger partial charge in [-0.05, 0) is 157 Å². The topological polar surface area (TPSA) is 94.3 Å². The van der Waals surface area contributed by atoms with E-state index in [9.17, 15) is 0 Å². The summed E-state index contributed by atoms with van der Waals surface area (Å²) in [6, 6.07) is 88.5. The van der Waals surface area contributed by atoms with Crippen molar-refractivity contribution in [2.45, 2.75) is 0 Å². The molecule has 0 aliphatic heterocycles. The summed E-state index contributed by atoms with van der Waals surface area (Å²) in [4.78, 5) is 21.8. The number of benzene rings is 12. The Bertz CT molecular complexity index is 5820. The Kier molecular flexibility index (Phi) is 10.8. The van der Waals surface area contributed by atoms with Crippen LogP contribution in [-0.2, 0) is 0 Å². The Hall–Kier alpha value is -12.5. The SMILES string of the molecule is COc1ccc(-c2c3nc(c(-c4ccc(OC)cc4)c4[nH]c(c(-c5ccc(OC)cc5)c5nc(c(-c6ccc(OC)cc6)c6[nH]c2c2c7cccc8cccc(c87)c62)c2c6cccc7cccc(c76)c52)c2c5cccc6cccc(c65)c42)c2c4cccc5cccc(c54)c32)cc1. The molecule has 0 fully saturated rings. The van der Waals surface area contributed by atoms with Crippen molar-refractivity contribution in [2.75, 3.05) is 28.4 Å². The first-order valence-corrected chi connectivity index (χ1v) is 32.6. The molecule has 0 amide bonds. The van der Waals surface area contributed by atoms with Crippen LogP contribution in [0, 0.1) is 0 Å². The van der Waals surface area contributed by atoms with Crippen LogP contribution in [0.2, 0.25) is 0 Å². The number of nitrogens with one attached hydrogen (secondary N) is 2. The highest BCUT2D eigenvalue weighted by molar-refractivity contribution is 6.47. The molecule has 8 heteroatoms. The first-order valence-electron chi connectivity index (χ1n) is 32.6. The molecule has 21 aromatic rings. The van der Waals surface area contributed by atoms with Crippen molar-refractivity contribution in [1.82, 2.24) is 19.9 Å². The lowest BCUT2D eigenvalue weighted by Crippen LogP contribution is -1.88. The standard InChI is InChI=1S/C88H54N4O4/c1-93-53-37-29-49(30-38-53)69-81-73-57-21-5-13-45-15-7-23-59(65(45)57)75(73)83(89-81)70(50-31-39-54(94-2)40-32-50)85-77-61-25-9-17-47-19-11-27-63(67(47)61)79(77)87(91-85)72(52-35-43-56(96-4)44-36-52)88-80-64-28-12-20-48-18-10-26-62(68(48)64)78(80)86(92-88)71(51-33-41-55(95-3)42-34-51)84-76-60-24-8-16-46-14-6-22-58(66(46)60)74(76)82(69)90-84/h5-44,89,92H,1-4H3. The molecule has 96 heavy (non-hydrogen) atoms. The van der Waals surface area contributed by atoms with Gasteiger partial charge >= 0.3 is 0 Å². The van der Waals surface area contributed by atoms with Gasteiger partial charge in [-0.25, -0.2) is 9.97 Å². The fourth-order valence-electron chi connectivity index (χ4n) is 17.2. The number of methoxy groups -OCH3 is 4. The summed E-state index contributed by atoms with van der Waals surface area (Å²) in [6.07, 6.45) is 0. The number of aromatic amines is 2. The highest BCUT2D eigenvalue weighted by Crippen LogP contribution is 2.56. The van der Waals surface area contributed by atoms with Gasteiger partial charge < -0.3 is 28.9 Å². The molecule has 8 bridgehead atoms. The first kappa shape index (κ1) is 53.0. The van der Waals surface area contributed by atoms with Crippen molar-refractivity contribution >= 4 is 173 Å². The van der Waals surface area contributed by atoms with Gasteiger partial charge in [-0.15, -0.1) is 0 Å². The van der Waals surface area contributed by atoms with E-state index in [0.717, 1.165) is 219 Å². The zero-order chi connectivity index (χ0) is 63.3. The van der Waals surface area contributed by atoms with Crippen LogP contribution >= 0.6 is 0 Å². The van der Waals surface area contributed by atoms with E-state index in [1.54, 1.807) is 28.4 Å². The van der Waals surface area contributed by atoms with Gasteiger partial charge in [0.1, 0.15) is 23.0 Å². The Balaban J connectivity index is 1.17. The fourth-order valence-corrected chi connectivity index (χ4v) is 17.2. The van der Waals surface area contributed by atoms with Gasteiger partial charge in [0, 0.05) is 65.3 Å². The molecule has 0 radical (unpaired) electrons. The Morgan fingerprint density at radius 2 is 0.396 bits per heavy atom. The van der Waals surface area contributed by atoms with Crippen molar-refractivity contribution in [1.29, 1.82) is 0 Å². The number of nitrogens with zero attached hydrogens (tertiary/aromatic N) is 2. The third kappa shape index (κ3) is 6.95. The van der Waals surface area contributed by atoms with E-state index in [1.807, 2.05) is 0 Å². The zero-order valence-corrected chi connectivity index (χ0v) is 52.6. The fraction of sp³-hybridized carbons (Fsp3) is 0.0455. The Morgan fingerprint density at radius 1 is 0.208 bits per heavy atom. The van der Waals surface area contributed by atoms with Crippen molar-refractivity contribution in [3.8, 4) is 67.5 Å². The highest BCUT2D eigenvalue weighted by atomic mass is 16.5. The molecule has 450 valence electrons. The lowest BCUT2D eigenvalue weighted by Gasteiger charge is -2.09. The van der Waals surface area contributed by atoms with Crippen LogP contribution in [0.5, 0.6) is 23.0 Å². The van der Waals surface area contributed by atoms with Crippen molar-refractivity contribution < 1.29 is 18.9 Å². The van der Waals surface area contributed by atoms with Crippen LogP contribution in [-0.4, -0.2) is 48.4 Å². The van der Waals surface area contributed by atoms with Gasteiger partial charge in [-0.1, -0.05) is 194 Å². The monoisotopic (exact) mass is 1230 g/mol. The summed E-state index contributed by atoms with van der Waals surface area (Å²) >= 11 is 0. The maximum atomic E-state index is 6.43. The normalized spacial score (nSPS) is 12.4. The number of rotatable bonds is 8. The van der Waals surface area contributed by atoms with E-state index < -0.39 is 0 Å². The van der Waals surface area contributed by atoms with Gasteiger partial charge in [-0.2, -0.15) is 0 Å². The molecule has 0 atom stereocenters. The van der Waals surface area contributed by atoms with Gasteiger partial charge in [0.05, 0.1) is 72.6 Å². The van der Waals surface area contributed by atoms with E-state index in [0.29, 0.717) is 0 Å². The largest absolute Gasteiger partial charge is 0.497 e. The number of H-pyrrole nitrogens is 2. The second-order valence-electron chi connectivity index (χ2n) is 25.6. The molecule has 0 unspecified atom stereocenters. The Labute approximate surface area is 547 Å². The maximum Gasteiger partial charge on any atom is 0.118 e. The van der Waals surface area contributed by atoms with E-state index >= 15 is 0 Å². The minimum absolute atomic E-state index is 0.757. The van der Waals surface area contributed by atoms with E-state index in [2.05, 4.69) is 253 Å².